The van der Waals surface area contributed by atoms with Gasteiger partial charge in [0.1, 0.15) is 0 Å². The van der Waals surface area contributed by atoms with Gasteiger partial charge in [-0.3, -0.25) is 4.98 Å². The van der Waals surface area contributed by atoms with Gasteiger partial charge in [0.05, 0.1) is 16.3 Å². The van der Waals surface area contributed by atoms with E-state index in [9.17, 15) is 8.42 Å². The quantitative estimate of drug-likeness (QED) is 0.620. The van der Waals surface area contributed by atoms with Crippen molar-refractivity contribution in [3.8, 4) is 0 Å². The second-order valence-corrected chi connectivity index (χ2v) is 9.35. The van der Waals surface area contributed by atoms with Crippen LogP contribution in [0.2, 0.25) is 5.02 Å². The molecular weight excluding hydrogens is 424 g/mol. The summed E-state index contributed by atoms with van der Waals surface area (Å²) in [5.41, 5.74) is 3.45. The van der Waals surface area contributed by atoms with Crippen LogP contribution < -0.4 is 5.32 Å². The van der Waals surface area contributed by atoms with Gasteiger partial charge >= 0.3 is 0 Å². The van der Waals surface area contributed by atoms with Gasteiger partial charge in [0.25, 0.3) is 0 Å². The Morgan fingerprint density at radius 1 is 1.16 bits per heavy atom. The fraction of sp³-hybridized carbons (Fsp3) is 0.167. The second-order valence-electron chi connectivity index (χ2n) is 5.89. The van der Waals surface area contributed by atoms with Crippen LogP contribution in [-0.4, -0.2) is 19.7 Å². The van der Waals surface area contributed by atoms with Crippen molar-refractivity contribution in [3.05, 3.63) is 69.3 Å². The minimum absolute atomic E-state index is 0.0432. The fourth-order valence-electron chi connectivity index (χ4n) is 2.66. The van der Waals surface area contributed by atoms with Gasteiger partial charge in [-0.15, -0.1) is 0 Å². The molecule has 2 aromatic carbocycles. The molecule has 0 aliphatic carbocycles. The van der Waals surface area contributed by atoms with Crippen molar-refractivity contribution in [3.63, 3.8) is 0 Å². The summed E-state index contributed by atoms with van der Waals surface area (Å²) in [5, 5.41) is 4.89. The van der Waals surface area contributed by atoms with E-state index in [0.29, 0.717) is 11.6 Å². The minimum atomic E-state index is -3.05. The minimum Gasteiger partial charge on any atom is -0.380 e. The summed E-state index contributed by atoms with van der Waals surface area (Å²) in [5.74, 6) is 0.0432. The van der Waals surface area contributed by atoms with E-state index in [0.717, 1.165) is 32.2 Å². The molecular formula is C18H16BrClN2O2S. The summed E-state index contributed by atoms with van der Waals surface area (Å²) in [4.78, 5) is 4.33. The molecule has 0 unspecified atom stereocenters. The summed E-state index contributed by atoms with van der Waals surface area (Å²) in [7, 11) is -3.05. The van der Waals surface area contributed by atoms with Crippen LogP contribution in [0.25, 0.3) is 10.9 Å². The summed E-state index contributed by atoms with van der Waals surface area (Å²) < 4.78 is 23.8. The number of halogens is 2. The van der Waals surface area contributed by atoms with Crippen molar-refractivity contribution in [1.82, 2.24) is 4.98 Å². The maximum atomic E-state index is 11.5. The number of hydrogen-bond donors (Lipinski definition) is 1. The zero-order chi connectivity index (χ0) is 18.0. The number of nitrogens with one attached hydrogen (secondary N) is 1. The Bertz CT molecular complexity index is 1040. The molecule has 0 amide bonds. The third-order valence-corrected chi connectivity index (χ3v) is 5.27. The molecule has 0 aliphatic heterocycles. The van der Waals surface area contributed by atoms with Gasteiger partial charge in [-0.1, -0.05) is 51.8 Å². The number of fused-ring (bicyclic) bond motifs is 1. The van der Waals surface area contributed by atoms with Crippen LogP contribution in [0.5, 0.6) is 0 Å². The van der Waals surface area contributed by atoms with E-state index in [-0.39, 0.29) is 5.75 Å². The molecule has 0 spiro atoms. The van der Waals surface area contributed by atoms with Gasteiger partial charge in [-0.25, -0.2) is 8.42 Å². The number of nitrogens with zero attached hydrogens (tertiary/aromatic N) is 1. The number of pyridine rings is 1. The first-order valence-electron chi connectivity index (χ1n) is 7.55. The monoisotopic (exact) mass is 438 g/mol. The highest BCUT2D eigenvalue weighted by molar-refractivity contribution is 9.10. The second kappa shape index (κ2) is 7.32. The Morgan fingerprint density at radius 3 is 2.68 bits per heavy atom. The molecule has 3 rings (SSSR count). The number of aromatic nitrogens is 1. The van der Waals surface area contributed by atoms with E-state index in [1.165, 1.54) is 6.26 Å². The normalized spacial score (nSPS) is 11.6. The van der Waals surface area contributed by atoms with Crippen LogP contribution in [0, 0.1) is 0 Å². The van der Waals surface area contributed by atoms with E-state index in [2.05, 4.69) is 26.2 Å². The van der Waals surface area contributed by atoms with E-state index in [1.807, 2.05) is 42.5 Å². The molecule has 0 aliphatic rings. The van der Waals surface area contributed by atoms with Crippen LogP contribution in [0.4, 0.5) is 5.69 Å². The van der Waals surface area contributed by atoms with Crippen LogP contribution in [0.1, 0.15) is 11.1 Å². The van der Waals surface area contributed by atoms with Crippen LogP contribution in [-0.2, 0) is 22.1 Å². The smallest absolute Gasteiger partial charge is 0.151 e. The highest BCUT2D eigenvalue weighted by atomic mass is 79.9. The summed E-state index contributed by atoms with van der Waals surface area (Å²) in [6.45, 7) is 0.570. The number of rotatable bonds is 5. The maximum Gasteiger partial charge on any atom is 0.151 e. The molecule has 0 radical (unpaired) electrons. The lowest BCUT2D eigenvalue weighted by Gasteiger charge is -2.11. The predicted octanol–water partition coefficient (Wildman–Crippen LogP) is 4.81. The Hall–Kier alpha value is -1.63. The fourth-order valence-corrected chi connectivity index (χ4v) is 4.31. The molecule has 3 aromatic rings. The van der Waals surface area contributed by atoms with Crippen molar-refractivity contribution in [2.24, 2.45) is 0 Å². The molecule has 7 heteroatoms. The van der Waals surface area contributed by atoms with Gasteiger partial charge in [0.2, 0.25) is 0 Å². The van der Waals surface area contributed by atoms with Crippen molar-refractivity contribution < 1.29 is 8.42 Å². The molecule has 130 valence electrons. The van der Waals surface area contributed by atoms with Gasteiger partial charge in [-0.2, -0.15) is 0 Å². The molecule has 0 saturated carbocycles. The summed E-state index contributed by atoms with van der Waals surface area (Å²) in [6, 6.07) is 13.2. The molecule has 4 nitrogen and oxygen atoms in total. The third kappa shape index (κ3) is 4.71. The average Bonchev–Trinajstić information content (AvgIpc) is 2.51. The Balaban J connectivity index is 1.85. The van der Waals surface area contributed by atoms with Gasteiger partial charge in [-0.05, 0) is 29.3 Å². The highest BCUT2D eigenvalue weighted by Gasteiger charge is 2.08. The number of sulfone groups is 1. The summed E-state index contributed by atoms with van der Waals surface area (Å²) >= 11 is 9.71. The van der Waals surface area contributed by atoms with Crippen molar-refractivity contribution in [2.75, 3.05) is 11.6 Å². The van der Waals surface area contributed by atoms with E-state index < -0.39 is 9.84 Å². The third-order valence-electron chi connectivity index (χ3n) is 3.67. The van der Waals surface area contributed by atoms with E-state index in [1.54, 1.807) is 6.20 Å². The molecule has 0 fully saturated rings. The first-order valence-corrected chi connectivity index (χ1v) is 10.8. The average molecular weight is 440 g/mol. The van der Waals surface area contributed by atoms with Crippen molar-refractivity contribution in [1.29, 1.82) is 0 Å². The zero-order valence-electron chi connectivity index (χ0n) is 13.5. The molecule has 1 heterocycles. The molecule has 0 bridgehead atoms. The zero-order valence-corrected chi connectivity index (χ0v) is 16.6. The van der Waals surface area contributed by atoms with Crippen molar-refractivity contribution >= 4 is 54.0 Å². The molecule has 1 N–H and O–H groups in total. The maximum absolute atomic E-state index is 11.5. The molecule has 25 heavy (non-hydrogen) atoms. The lowest BCUT2D eigenvalue weighted by Crippen LogP contribution is -2.04. The Kier molecular flexibility index (Phi) is 5.32. The summed E-state index contributed by atoms with van der Waals surface area (Å²) in [6.07, 6.45) is 2.95. The van der Waals surface area contributed by atoms with Crippen LogP contribution in [0.3, 0.4) is 0 Å². The highest BCUT2D eigenvalue weighted by Crippen LogP contribution is 2.31. The number of hydrogen-bond acceptors (Lipinski definition) is 4. The van der Waals surface area contributed by atoms with Gasteiger partial charge in [0, 0.05) is 34.5 Å². The SMILES string of the molecule is CS(=O)(=O)Cc1cccc(CNc2ccnc3c(Cl)cc(Br)cc23)c1. The number of anilines is 1. The van der Waals surface area contributed by atoms with Crippen LogP contribution >= 0.6 is 27.5 Å². The van der Waals surface area contributed by atoms with E-state index in [4.69, 9.17) is 11.6 Å². The number of benzene rings is 2. The molecule has 0 saturated heterocycles. The van der Waals surface area contributed by atoms with Crippen molar-refractivity contribution in [2.45, 2.75) is 12.3 Å². The Labute approximate surface area is 160 Å². The Morgan fingerprint density at radius 2 is 1.92 bits per heavy atom. The lowest BCUT2D eigenvalue weighted by atomic mass is 10.1. The standard InChI is InChI=1S/C18H16BrClN2O2S/c1-25(23,24)11-13-4-2-3-12(7-13)10-22-17-5-6-21-18-15(17)8-14(19)9-16(18)20/h2-9H,10-11H2,1H3,(H,21,22). The first-order chi connectivity index (χ1) is 11.8. The van der Waals surface area contributed by atoms with Gasteiger partial charge < -0.3 is 5.32 Å². The van der Waals surface area contributed by atoms with E-state index >= 15 is 0 Å². The topological polar surface area (TPSA) is 59.1 Å². The lowest BCUT2D eigenvalue weighted by molar-refractivity contribution is 0.601. The first kappa shape index (κ1) is 18.2. The predicted molar refractivity (Wildman–Crippen MR) is 107 cm³/mol. The largest absolute Gasteiger partial charge is 0.380 e. The molecule has 0 atom stereocenters. The van der Waals surface area contributed by atoms with Gasteiger partial charge in [0.15, 0.2) is 9.84 Å². The van der Waals surface area contributed by atoms with Crippen LogP contribution in [0.15, 0.2) is 53.1 Å². The molecule has 1 aromatic heterocycles.